The van der Waals surface area contributed by atoms with Crippen LogP contribution in [0, 0.1) is 5.82 Å². The predicted molar refractivity (Wildman–Crippen MR) is 79.7 cm³/mol. The lowest BCUT2D eigenvalue weighted by atomic mass is 10.0. The Morgan fingerprint density at radius 1 is 1.24 bits per heavy atom. The number of ether oxygens (including phenoxy) is 1. The number of halogens is 2. The van der Waals surface area contributed by atoms with Gasteiger partial charge in [0, 0.05) is 11.7 Å². The standard InChI is InChI=1S/C16H11ClFNO2/c1-21-13-7-3-6-12-14(13)9(8-19-12)16(20)15-10(17)4-2-5-11(15)18/h2-8,19H,1H3. The first kappa shape index (κ1) is 13.6. The van der Waals surface area contributed by atoms with Crippen molar-refractivity contribution in [1.82, 2.24) is 4.98 Å². The van der Waals surface area contributed by atoms with Gasteiger partial charge in [-0.3, -0.25) is 4.79 Å². The van der Waals surface area contributed by atoms with E-state index in [1.54, 1.807) is 6.07 Å². The van der Waals surface area contributed by atoms with Crippen LogP contribution in [0.1, 0.15) is 15.9 Å². The molecule has 106 valence electrons. The summed E-state index contributed by atoms with van der Waals surface area (Å²) in [6, 6.07) is 9.54. The molecule has 2 aromatic carbocycles. The highest BCUT2D eigenvalue weighted by atomic mass is 35.5. The molecule has 0 saturated carbocycles. The van der Waals surface area contributed by atoms with Crippen molar-refractivity contribution in [3.8, 4) is 5.75 Å². The third kappa shape index (κ3) is 2.17. The fourth-order valence-corrected chi connectivity index (χ4v) is 2.60. The summed E-state index contributed by atoms with van der Waals surface area (Å²) in [6.45, 7) is 0. The van der Waals surface area contributed by atoms with E-state index >= 15 is 0 Å². The summed E-state index contributed by atoms with van der Waals surface area (Å²) in [4.78, 5) is 15.6. The molecule has 3 aromatic rings. The van der Waals surface area contributed by atoms with Gasteiger partial charge in [-0.2, -0.15) is 0 Å². The van der Waals surface area contributed by atoms with E-state index in [0.29, 0.717) is 16.7 Å². The molecule has 1 heterocycles. The first-order chi connectivity index (χ1) is 10.1. The minimum Gasteiger partial charge on any atom is -0.496 e. The van der Waals surface area contributed by atoms with Crippen molar-refractivity contribution < 1.29 is 13.9 Å². The molecule has 0 radical (unpaired) electrons. The third-order valence-electron chi connectivity index (χ3n) is 3.32. The van der Waals surface area contributed by atoms with E-state index < -0.39 is 11.6 Å². The van der Waals surface area contributed by atoms with Gasteiger partial charge in [0.25, 0.3) is 0 Å². The van der Waals surface area contributed by atoms with Gasteiger partial charge in [0.15, 0.2) is 5.78 Å². The number of hydrogen-bond acceptors (Lipinski definition) is 2. The molecule has 0 atom stereocenters. The summed E-state index contributed by atoms with van der Waals surface area (Å²) in [5.41, 5.74) is 0.936. The van der Waals surface area contributed by atoms with Crippen LogP contribution in [0.15, 0.2) is 42.6 Å². The van der Waals surface area contributed by atoms with Crippen LogP contribution in [0.2, 0.25) is 5.02 Å². The summed E-state index contributed by atoms with van der Waals surface area (Å²) < 4.78 is 19.2. The van der Waals surface area contributed by atoms with Crippen LogP contribution < -0.4 is 4.74 Å². The van der Waals surface area contributed by atoms with Gasteiger partial charge in [0.1, 0.15) is 11.6 Å². The summed E-state index contributed by atoms with van der Waals surface area (Å²) >= 11 is 5.96. The molecule has 0 aliphatic carbocycles. The number of rotatable bonds is 3. The van der Waals surface area contributed by atoms with Gasteiger partial charge in [0.05, 0.1) is 28.6 Å². The second-order valence-electron chi connectivity index (χ2n) is 4.51. The van der Waals surface area contributed by atoms with E-state index in [1.807, 2.05) is 12.1 Å². The third-order valence-corrected chi connectivity index (χ3v) is 3.64. The first-order valence-corrected chi connectivity index (χ1v) is 6.64. The molecule has 0 unspecified atom stereocenters. The van der Waals surface area contributed by atoms with Crippen LogP contribution in [-0.4, -0.2) is 17.9 Å². The van der Waals surface area contributed by atoms with E-state index in [-0.39, 0.29) is 10.6 Å². The van der Waals surface area contributed by atoms with E-state index in [2.05, 4.69) is 4.98 Å². The minimum atomic E-state index is -0.642. The van der Waals surface area contributed by atoms with Crippen LogP contribution in [0.4, 0.5) is 4.39 Å². The van der Waals surface area contributed by atoms with E-state index in [4.69, 9.17) is 16.3 Å². The molecule has 0 aliphatic heterocycles. The maximum absolute atomic E-state index is 13.9. The number of methoxy groups -OCH3 is 1. The Bertz CT molecular complexity index is 821. The van der Waals surface area contributed by atoms with Crippen LogP contribution in [0.25, 0.3) is 10.9 Å². The maximum Gasteiger partial charge on any atom is 0.199 e. The van der Waals surface area contributed by atoms with E-state index in [1.165, 1.54) is 31.5 Å². The quantitative estimate of drug-likeness (QED) is 0.737. The lowest BCUT2D eigenvalue weighted by molar-refractivity contribution is 0.103. The average molecular weight is 304 g/mol. The molecule has 1 aromatic heterocycles. The zero-order valence-electron chi connectivity index (χ0n) is 11.1. The summed E-state index contributed by atoms with van der Waals surface area (Å²) in [6.07, 6.45) is 1.54. The van der Waals surface area contributed by atoms with Gasteiger partial charge < -0.3 is 9.72 Å². The Labute approximate surface area is 125 Å². The van der Waals surface area contributed by atoms with Gasteiger partial charge in [0.2, 0.25) is 0 Å². The second kappa shape index (κ2) is 5.22. The highest BCUT2D eigenvalue weighted by Crippen LogP contribution is 2.31. The monoisotopic (exact) mass is 303 g/mol. The Kier molecular flexibility index (Phi) is 3.39. The van der Waals surface area contributed by atoms with Crippen molar-refractivity contribution in [2.75, 3.05) is 7.11 Å². The highest BCUT2D eigenvalue weighted by Gasteiger charge is 2.22. The van der Waals surface area contributed by atoms with Crippen molar-refractivity contribution in [2.24, 2.45) is 0 Å². The second-order valence-corrected chi connectivity index (χ2v) is 4.92. The molecular weight excluding hydrogens is 293 g/mol. The lowest BCUT2D eigenvalue weighted by Crippen LogP contribution is -2.05. The Hall–Kier alpha value is -2.33. The fourth-order valence-electron chi connectivity index (χ4n) is 2.35. The zero-order valence-corrected chi connectivity index (χ0v) is 11.9. The summed E-state index contributed by atoms with van der Waals surface area (Å²) in [5, 5.41) is 0.702. The number of ketones is 1. The molecule has 1 N–H and O–H groups in total. The highest BCUT2D eigenvalue weighted by molar-refractivity contribution is 6.35. The zero-order chi connectivity index (χ0) is 15.0. The topological polar surface area (TPSA) is 42.1 Å². The predicted octanol–water partition coefficient (Wildman–Crippen LogP) is 4.20. The molecule has 3 nitrogen and oxygen atoms in total. The van der Waals surface area contributed by atoms with Gasteiger partial charge >= 0.3 is 0 Å². The molecule has 0 saturated heterocycles. The molecule has 0 bridgehead atoms. The molecule has 0 amide bonds. The molecular formula is C16H11ClFNO2. The average Bonchev–Trinajstić information content (AvgIpc) is 2.90. The molecule has 0 aliphatic rings. The minimum absolute atomic E-state index is 0.0873. The van der Waals surface area contributed by atoms with Crippen LogP contribution in [-0.2, 0) is 0 Å². The molecule has 0 spiro atoms. The van der Waals surface area contributed by atoms with Crippen LogP contribution >= 0.6 is 11.6 Å². The van der Waals surface area contributed by atoms with Gasteiger partial charge in [-0.1, -0.05) is 23.7 Å². The number of H-pyrrole nitrogens is 1. The molecule has 5 heteroatoms. The summed E-state index contributed by atoms with van der Waals surface area (Å²) in [5.74, 6) is -0.574. The van der Waals surface area contributed by atoms with E-state index in [0.717, 1.165) is 5.52 Å². The van der Waals surface area contributed by atoms with Gasteiger partial charge in [-0.25, -0.2) is 4.39 Å². The van der Waals surface area contributed by atoms with Crippen molar-refractivity contribution in [2.45, 2.75) is 0 Å². The maximum atomic E-state index is 13.9. The van der Waals surface area contributed by atoms with E-state index in [9.17, 15) is 9.18 Å². The molecule has 21 heavy (non-hydrogen) atoms. The Morgan fingerprint density at radius 2 is 2.00 bits per heavy atom. The first-order valence-electron chi connectivity index (χ1n) is 6.26. The number of nitrogens with one attached hydrogen (secondary N) is 1. The van der Waals surface area contributed by atoms with Crippen molar-refractivity contribution in [3.05, 3.63) is 64.6 Å². The van der Waals surface area contributed by atoms with Gasteiger partial charge in [-0.15, -0.1) is 0 Å². The van der Waals surface area contributed by atoms with Crippen molar-refractivity contribution in [3.63, 3.8) is 0 Å². The number of aromatic nitrogens is 1. The number of fused-ring (bicyclic) bond motifs is 1. The SMILES string of the molecule is COc1cccc2[nH]cc(C(=O)c3c(F)cccc3Cl)c12. The Balaban J connectivity index is 2.24. The van der Waals surface area contributed by atoms with Gasteiger partial charge in [-0.05, 0) is 24.3 Å². The van der Waals surface area contributed by atoms with Crippen molar-refractivity contribution in [1.29, 1.82) is 0 Å². The molecule has 3 rings (SSSR count). The fraction of sp³-hybridized carbons (Fsp3) is 0.0625. The Morgan fingerprint density at radius 3 is 2.71 bits per heavy atom. The summed E-state index contributed by atoms with van der Waals surface area (Å²) in [7, 11) is 1.52. The number of carbonyl (C=O) groups is 1. The number of aromatic amines is 1. The molecule has 0 fully saturated rings. The number of hydrogen-bond donors (Lipinski definition) is 1. The van der Waals surface area contributed by atoms with Crippen LogP contribution in [0.5, 0.6) is 5.75 Å². The smallest absolute Gasteiger partial charge is 0.199 e. The lowest BCUT2D eigenvalue weighted by Gasteiger charge is -2.06. The number of benzene rings is 2. The number of carbonyl (C=O) groups excluding carboxylic acids is 1. The van der Waals surface area contributed by atoms with Crippen LogP contribution in [0.3, 0.4) is 0 Å². The largest absolute Gasteiger partial charge is 0.496 e. The van der Waals surface area contributed by atoms with Crippen molar-refractivity contribution >= 4 is 28.3 Å². The normalized spacial score (nSPS) is 10.8.